The molecule has 0 aliphatic heterocycles. The molecule has 1 unspecified atom stereocenters. The van der Waals surface area contributed by atoms with Crippen LogP contribution in [0.3, 0.4) is 0 Å². The molecule has 0 N–H and O–H groups in total. The summed E-state index contributed by atoms with van der Waals surface area (Å²) in [5.74, 6) is 0. The molecule has 0 aromatic heterocycles. The fourth-order valence-corrected chi connectivity index (χ4v) is 1.37. The van der Waals surface area contributed by atoms with Crippen LogP contribution >= 0.6 is 0 Å². The molecule has 0 aliphatic rings. The number of nitrogens with zero attached hydrogens (tertiary/aromatic N) is 1. The van der Waals surface area contributed by atoms with Crippen molar-refractivity contribution in [1.82, 2.24) is 4.90 Å². The number of methoxy groups -OCH3 is 1. The highest BCUT2D eigenvalue weighted by molar-refractivity contribution is 4.74. The average molecular weight is 159 g/mol. The molecule has 1 atom stereocenters. The summed E-state index contributed by atoms with van der Waals surface area (Å²) in [7, 11) is 5.97. The van der Waals surface area contributed by atoms with Crippen molar-refractivity contribution in [2.24, 2.45) is 5.41 Å². The van der Waals surface area contributed by atoms with Gasteiger partial charge in [-0.2, -0.15) is 0 Å². The Morgan fingerprint density at radius 3 is 2.18 bits per heavy atom. The molecule has 0 heterocycles. The third-order valence-electron chi connectivity index (χ3n) is 2.04. The third-order valence-corrected chi connectivity index (χ3v) is 2.04. The molecule has 0 amide bonds. The maximum Gasteiger partial charge on any atom is 0.0528 e. The quantitative estimate of drug-likeness (QED) is 0.604. The van der Waals surface area contributed by atoms with Crippen molar-refractivity contribution in [2.45, 2.75) is 20.3 Å². The molecule has 11 heavy (non-hydrogen) atoms. The van der Waals surface area contributed by atoms with Crippen molar-refractivity contribution >= 4 is 0 Å². The van der Waals surface area contributed by atoms with E-state index in [0.717, 1.165) is 13.2 Å². The van der Waals surface area contributed by atoms with Gasteiger partial charge in [-0.3, -0.25) is 0 Å². The molecule has 0 saturated carbocycles. The zero-order chi connectivity index (χ0) is 8.91. The van der Waals surface area contributed by atoms with Gasteiger partial charge in [-0.1, -0.05) is 13.8 Å². The van der Waals surface area contributed by atoms with E-state index in [2.05, 4.69) is 32.8 Å². The van der Waals surface area contributed by atoms with E-state index in [1.807, 2.05) is 0 Å². The van der Waals surface area contributed by atoms with Crippen LogP contribution in [-0.4, -0.2) is 39.3 Å². The SMILES string of the molecule is CCC(C)(COC)CN(C)C. The standard InChI is InChI=1S/C9H21NO/c1-6-9(2,8-11-5)7-10(3)4/h6-8H2,1-5H3. The highest BCUT2D eigenvalue weighted by atomic mass is 16.5. The Balaban J connectivity index is 3.87. The molecule has 0 aliphatic carbocycles. The number of ether oxygens (including phenoxy) is 1. The van der Waals surface area contributed by atoms with Crippen molar-refractivity contribution in [3.8, 4) is 0 Å². The second-order valence-electron chi connectivity index (χ2n) is 3.84. The second-order valence-corrected chi connectivity index (χ2v) is 3.84. The van der Waals surface area contributed by atoms with Crippen LogP contribution in [0.1, 0.15) is 20.3 Å². The fourth-order valence-electron chi connectivity index (χ4n) is 1.37. The summed E-state index contributed by atoms with van der Waals surface area (Å²) in [6.07, 6.45) is 1.17. The molecule has 2 nitrogen and oxygen atoms in total. The van der Waals surface area contributed by atoms with Crippen molar-refractivity contribution in [2.75, 3.05) is 34.4 Å². The Hall–Kier alpha value is -0.0800. The Bertz CT molecular complexity index is 104. The minimum absolute atomic E-state index is 0.318. The van der Waals surface area contributed by atoms with Crippen LogP contribution in [0.4, 0.5) is 0 Å². The first-order valence-electron chi connectivity index (χ1n) is 4.18. The molecule has 0 fully saturated rings. The first-order chi connectivity index (χ1) is 5.04. The lowest BCUT2D eigenvalue weighted by atomic mass is 9.88. The predicted molar refractivity (Wildman–Crippen MR) is 48.8 cm³/mol. The van der Waals surface area contributed by atoms with E-state index in [9.17, 15) is 0 Å². The molecular weight excluding hydrogens is 138 g/mol. The molecule has 0 radical (unpaired) electrons. The van der Waals surface area contributed by atoms with Crippen LogP contribution in [0.5, 0.6) is 0 Å². The summed E-state index contributed by atoms with van der Waals surface area (Å²) in [5.41, 5.74) is 0.318. The van der Waals surface area contributed by atoms with Gasteiger partial charge in [0.2, 0.25) is 0 Å². The fraction of sp³-hybridized carbons (Fsp3) is 1.00. The lowest BCUT2D eigenvalue weighted by Crippen LogP contribution is -2.34. The molecule has 0 spiro atoms. The highest BCUT2D eigenvalue weighted by Crippen LogP contribution is 2.21. The summed E-state index contributed by atoms with van der Waals surface area (Å²) in [6.45, 7) is 6.41. The van der Waals surface area contributed by atoms with Crippen LogP contribution in [0.2, 0.25) is 0 Å². The first kappa shape index (κ1) is 10.9. The van der Waals surface area contributed by atoms with Crippen LogP contribution in [0.15, 0.2) is 0 Å². The van der Waals surface area contributed by atoms with Gasteiger partial charge < -0.3 is 9.64 Å². The zero-order valence-corrected chi connectivity index (χ0v) is 8.48. The Kier molecular flexibility index (Phi) is 4.69. The van der Waals surface area contributed by atoms with Crippen LogP contribution in [0, 0.1) is 5.41 Å². The highest BCUT2D eigenvalue weighted by Gasteiger charge is 2.22. The average Bonchev–Trinajstić information content (AvgIpc) is 1.87. The maximum absolute atomic E-state index is 5.17. The van der Waals surface area contributed by atoms with E-state index in [0.29, 0.717) is 5.41 Å². The summed E-state index contributed by atoms with van der Waals surface area (Å²) in [4.78, 5) is 2.21. The molecule has 2 heteroatoms. The molecule has 0 saturated heterocycles. The van der Waals surface area contributed by atoms with Crippen LogP contribution in [0.25, 0.3) is 0 Å². The van der Waals surface area contributed by atoms with Gasteiger partial charge in [-0.25, -0.2) is 0 Å². The van der Waals surface area contributed by atoms with E-state index in [1.165, 1.54) is 6.42 Å². The summed E-state index contributed by atoms with van der Waals surface area (Å²) >= 11 is 0. The molecule has 0 aromatic rings. The molecule has 0 aromatic carbocycles. The summed E-state index contributed by atoms with van der Waals surface area (Å²) < 4.78 is 5.17. The van der Waals surface area contributed by atoms with Gasteiger partial charge >= 0.3 is 0 Å². The van der Waals surface area contributed by atoms with Gasteiger partial charge in [0.25, 0.3) is 0 Å². The van der Waals surface area contributed by atoms with Gasteiger partial charge in [0.05, 0.1) is 6.61 Å². The molecule has 0 bridgehead atoms. The Labute approximate surface area is 70.5 Å². The van der Waals surface area contributed by atoms with Crippen molar-refractivity contribution in [3.63, 3.8) is 0 Å². The largest absolute Gasteiger partial charge is 0.384 e. The molecule has 0 rings (SSSR count). The molecular formula is C9H21NO. The minimum atomic E-state index is 0.318. The van der Waals surface area contributed by atoms with Gasteiger partial charge in [-0.15, -0.1) is 0 Å². The monoisotopic (exact) mass is 159 g/mol. The summed E-state index contributed by atoms with van der Waals surface area (Å²) in [5, 5.41) is 0. The van der Waals surface area contributed by atoms with E-state index >= 15 is 0 Å². The topological polar surface area (TPSA) is 12.5 Å². The van der Waals surface area contributed by atoms with Gasteiger partial charge in [0.15, 0.2) is 0 Å². The number of rotatable bonds is 5. The second kappa shape index (κ2) is 4.73. The van der Waals surface area contributed by atoms with Gasteiger partial charge in [0.1, 0.15) is 0 Å². The van der Waals surface area contributed by atoms with E-state index in [-0.39, 0.29) is 0 Å². The van der Waals surface area contributed by atoms with E-state index in [1.54, 1.807) is 7.11 Å². The normalized spacial score (nSPS) is 16.9. The van der Waals surface area contributed by atoms with Gasteiger partial charge in [-0.05, 0) is 20.5 Å². The molecule has 68 valence electrons. The smallest absolute Gasteiger partial charge is 0.0528 e. The van der Waals surface area contributed by atoms with Crippen LogP contribution < -0.4 is 0 Å². The van der Waals surface area contributed by atoms with Gasteiger partial charge in [0, 0.05) is 19.1 Å². The lowest BCUT2D eigenvalue weighted by molar-refractivity contribution is 0.0677. The summed E-state index contributed by atoms with van der Waals surface area (Å²) in [6, 6.07) is 0. The van der Waals surface area contributed by atoms with Crippen molar-refractivity contribution < 1.29 is 4.74 Å². The minimum Gasteiger partial charge on any atom is -0.384 e. The maximum atomic E-state index is 5.17. The van der Waals surface area contributed by atoms with Crippen LogP contribution in [-0.2, 0) is 4.74 Å². The van der Waals surface area contributed by atoms with Crippen molar-refractivity contribution in [1.29, 1.82) is 0 Å². The van der Waals surface area contributed by atoms with E-state index in [4.69, 9.17) is 4.74 Å². The van der Waals surface area contributed by atoms with E-state index < -0.39 is 0 Å². The lowest BCUT2D eigenvalue weighted by Gasteiger charge is -2.30. The predicted octanol–water partition coefficient (Wildman–Crippen LogP) is 1.61. The zero-order valence-electron chi connectivity index (χ0n) is 8.48. The first-order valence-corrected chi connectivity index (χ1v) is 4.18. The number of hydrogen-bond acceptors (Lipinski definition) is 2. The van der Waals surface area contributed by atoms with Crippen molar-refractivity contribution in [3.05, 3.63) is 0 Å². The number of hydrogen-bond donors (Lipinski definition) is 0. The third kappa shape index (κ3) is 4.38. The Morgan fingerprint density at radius 1 is 1.36 bits per heavy atom. The Morgan fingerprint density at radius 2 is 1.91 bits per heavy atom.